The van der Waals surface area contributed by atoms with Gasteiger partial charge >= 0.3 is 0 Å². The van der Waals surface area contributed by atoms with E-state index < -0.39 is 0 Å². The Morgan fingerprint density at radius 1 is 1.14 bits per heavy atom. The third kappa shape index (κ3) is 2.14. The molecule has 1 fully saturated rings. The quantitative estimate of drug-likeness (QED) is 0.613. The summed E-state index contributed by atoms with van der Waals surface area (Å²) in [5.74, 6) is 0. The number of quaternary nitrogens is 2. The van der Waals surface area contributed by atoms with E-state index >= 15 is 0 Å². The van der Waals surface area contributed by atoms with Gasteiger partial charge in [0.2, 0.25) is 0 Å². The van der Waals surface area contributed by atoms with E-state index in [1.54, 1.807) is 4.90 Å². The van der Waals surface area contributed by atoms with Crippen LogP contribution in [0.4, 0.5) is 0 Å². The van der Waals surface area contributed by atoms with Gasteiger partial charge in [0.05, 0.1) is 0 Å². The maximum absolute atomic E-state index is 2.42. The molecule has 1 heterocycles. The summed E-state index contributed by atoms with van der Waals surface area (Å²) in [5.41, 5.74) is 1.48. The lowest BCUT2D eigenvalue weighted by Crippen LogP contribution is -3.20. The van der Waals surface area contributed by atoms with E-state index in [2.05, 4.69) is 42.6 Å². The third-order valence-electron chi connectivity index (χ3n) is 3.25. The Bertz CT molecular complexity index is 265. The van der Waals surface area contributed by atoms with Gasteiger partial charge in [0, 0.05) is 5.56 Å². The van der Waals surface area contributed by atoms with Gasteiger partial charge in [-0.2, -0.15) is 0 Å². The van der Waals surface area contributed by atoms with Crippen molar-refractivity contribution >= 4 is 0 Å². The van der Waals surface area contributed by atoms with E-state index in [1.165, 1.54) is 31.7 Å². The molecule has 1 aromatic rings. The smallest absolute Gasteiger partial charge is 0.127 e. The molecule has 3 N–H and O–H groups in total. The summed E-state index contributed by atoms with van der Waals surface area (Å²) < 4.78 is 0. The zero-order chi connectivity index (χ0) is 9.80. The van der Waals surface area contributed by atoms with Crippen molar-refractivity contribution in [3.05, 3.63) is 35.9 Å². The Balaban J connectivity index is 2.03. The Morgan fingerprint density at radius 3 is 2.43 bits per heavy atom. The summed E-state index contributed by atoms with van der Waals surface area (Å²) in [5, 5.41) is 2.42. The Labute approximate surface area is 85.9 Å². The van der Waals surface area contributed by atoms with Crippen molar-refractivity contribution in [2.24, 2.45) is 0 Å². The van der Waals surface area contributed by atoms with Crippen molar-refractivity contribution in [1.29, 1.82) is 0 Å². The van der Waals surface area contributed by atoms with Crippen LogP contribution in [-0.2, 0) is 0 Å². The SMILES string of the molecule is C[C@@H](c1ccccc1)[NH+]1CC[NH2+]CC1. The minimum atomic E-state index is 0.657. The molecule has 0 amide bonds. The number of benzene rings is 1. The maximum atomic E-state index is 2.42. The molecule has 1 aromatic carbocycles. The topological polar surface area (TPSA) is 21.1 Å². The van der Waals surface area contributed by atoms with Crippen LogP contribution >= 0.6 is 0 Å². The Morgan fingerprint density at radius 2 is 1.79 bits per heavy atom. The zero-order valence-corrected chi connectivity index (χ0v) is 8.87. The van der Waals surface area contributed by atoms with Gasteiger partial charge in [0.25, 0.3) is 0 Å². The molecule has 76 valence electrons. The van der Waals surface area contributed by atoms with Gasteiger partial charge in [-0.25, -0.2) is 0 Å². The third-order valence-corrected chi connectivity index (χ3v) is 3.25. The Kier molecular flexibility index (Phi) is 3.17. The molecule has 0 aromatic heterocycles. The van der Waals surface area contributed by atoms with Crippen LogP contribution in [0, 0.1) is 0 Å². The molecule has 2 nitrogen and oxygen atoms in total. The molecule has 2 rings (SSSR count). The zero-order valence-electron chi connectivity index (χ0n) is 8.87. The van der Waals surface area contributed by atoms with E-state index in [1.807, 2.05) is 0 Å². The molecule has 1 aliphatic heterocycles. The highest BCUT2D eigenvalue weighted by molar-refractivity contribution is 5.16. The molecule has 0 unspecified atom stereocenters. The average molecular weight is 192 g/mol. The average Bonchev–Trinajstić information content (AvgIpc) is 2.30. The van der Waals surface area contributed by atoms with Crippen LogP contribution in [0.3, 0.4) is 0 Å². The van der Waals surface area contributed by atoms with Gasteiger partial charge in [-0.3, -0.25) is 0 Å². The highest BCUT2D eigenvalue weighted by atomic mass is 15.2. The molecule has 1 aliphatic rings. The second-order valence-electron chi connectivity index (χ2n) is 4.16. The van der Waals surface area contributed by atoms with Crippen molar-refractivity contribution in [2.75, 3.05) is 26.2 Å². The fourth-order valence-electron chi connectivity index (χ4n) is 2.25. The first-order valence-corrected chi connectivity index (χ1v) is 5.59. The van der Waals surface area contributed by atoms with E-state index in [9.17, 15) is 0 Å². The number of hydrogen-bond acceptors (Lipinski definition) is 0. The number of hydrogen-bond donors (Lipinski definition) is 2. The predicted molar refractivity (Wildman–Crippen MR) is 57.2 cm³/mol. The monoisotopic (exact) mass is 192 g/mol. The molecule has 0 saturated carbocycles. The van der Waals surface area contributed by atoms with Gasteiger partial charge in [-0.15, -0.1) is 0 Å². The molecule has 0 bridgehead atoms. The van der Waals surface area contributed by atoms with Crippen molar-refractivity contribution in [3.63, 3.8) is 0 Å². The largest absolute Gasteiger partial charge is 0.337 e. The normalized spacial score (nSPS) is 20.6. The summed E-state index contributed by atoms with van der Waals surface area (Å²) in [6.07, 6.45) is 0. The van der Waals surface area contributed by atoms with Crippen LogP contribution < -0.4 is 10.2 Å². The predicted octanol–water partition coefficient (Wildman–Crippen LogP) is -0.790. The van der Waals surface area contributed by atoms with Crippen LogP contribution in [0.15, 0.2) is 30.3 Å². The number of rotatable bonds is 2. The molecular weight excluding hydrogens is 172 g/mol. The van der Waals surface area contributed by atoms with Crippen molar-refractivity contribution in [2.45, 2.75) is 13.0 Å². The first kappa shape index (κ1) is 9.69. The standard InChI is InChI=1S/C12H18N2/c1-11(12-5-3-2-4-6-12)14-9-7-13-8-10-14/h2-6,11,13H,7-10H2,1H3/p+2/t11-/m0/s1. The molecule has 1 atom stereocenters. The Hall–Kier alpha value is -0.860. The molecule has 0 radical (unpaired) electrons. The second kappa shape index (κ2) is 4.58. The lowest BCUT2D eigenvalue weighted by molar-refractivity contribution is -0.970. The van der Waals surface area contributed by atoms with E-state index in [0.29, 0.717) is 6.04 Å². The molecule has 0 aliphatic carbocycles. The van der Waals surface area contributed by atoms with E-state index in [4.69, 9.17) is 0 Å². The van der Waals surface area contributed by atoms with Crippen LogP contribution in [-0.4, -0.2) is 26.2 Å². The first-order valence-electron chi connectivity index (χ1n) is 5.59. The summed E-state index contributed by atoms with van der Waals surface area (Å²) in [4.78, 5) is 1.73. The van der Waals surface area contributed by atoms with Gasteiger partial charge in [0.15, 0.2) is 0 Å². The first-order chi connectivity index (χ1) is 6.88. The van der Waals surface area contributed by atoms with Crippen LogP contribution in [0.25, 0.3) is 0 Å². The lowest BCUT2D eigenvalue weighted by atomic mass is 10.1. The fraction of sp³-hybridized carbons (Fsp3) is 0.500. The van der Waals surface area contributed by atoms with Crippen LogP contribution in [0.5, 0.6) is 0 Å². The maximum Gasteiger partial charge on any atom is 0.127 e. The molecule has 0 spiro atoms. The van der Waals surface area contributed by atoms with E-state index in [-0.39, 0.29) is 0 Å². The fourth-order valence-corrected chi connectivity index (χ4v) is 2.25. The summed E-state index contributed by atoms with van der Waals surface area (Å²) >= 11 is 0. The highest BCUT2D eigenvalue weighted by Gasteiger charge is 2.22. The lowest BCUT2D eigenvalue weighted by Gasteiger charge is -2.28. The van der Waals surface area contributed by atoms with Crippen LogP contribution in [0.1, 0.15) is 18.5 Å². The van der Waals surface area contributed by atoms with Gasteiger partial charge in [-0.1, -0.05) is 30.3 Å². The van der Waals surface area contributed by atoms with Gasteiger partial charge in [0.1, 0.15) is 32.2 Å². The van der Waals surface area contributed by atoms with Crippen molar-refractivity contribution < 1.29 is 10.2 Å². The number of nitrogens with one attached hydrogen (secondary N) is 1. The van der Waals surface area contributed by atoms with Gasteiger partial charge in [-0.05, 0) is 6.92 Å². The highest BCUT2D eigenvalue weighted by Crippen LogP contribution is 2.07. The molecule has 14 heavy (non-hydrogen) atoms. The second-order valence-corrected chi connectivity index (χ2v) is 4.16. The minimum absolute atomic E-state index is 0.657. The van der Waals surface area contributed by atoms with Crippen molar-refractivity contribution in [1.82, 2.24) is 0 Å². The number of nitrogens with two attached hydrogens (primary N) is 1. The summed E-state index contributed by atoms with van der Waals surface area (Å²) in [6.45, 7) is 7.52. The molecular formula is C12H20N2+2. The van der Waals surface area contributed by atoms with E-state index in [0.717, 1.165) is 0 Å². The summed E-state index contributed by atoms with van der Waals surface area (Å²) in [7, 11) is 0. The van der Waals surface area contributed by atoms with Crippen molar-refractivity contribution in [3.8, 4) is 0 Å². The van der Waals surface area contributed by atoms with Crippen LogP contribution in [0.2, 0.25) is 0 Å². The minimum Gasteiger partial charge on any atom is -0.337 e. The van der Waals surface area contributed by atoms with Gasteiger partial charge < -0.3 is 10.2 Å². The number of piperazine rings is 1. The molecule has 1 saturated heterocycles. The molecule has 2 heteroatoms. The summed E-state index contributed by atoms with van der Waals surface area (Å²) in [6, 6.07) is 11.5.